The molecule has 0 aromatic heterocycles. The van der Waals surface area contributed by atoms with E-state index in [1.54, 1.807) is 7.05 Å². The van der Waals surface area contributed by atoms with E-state index < -0.39 is 0 Å². The van der Waals surface area contributed by atoms with Crippen LogP contribution in [-0.2, 0) is 33.5 Å². The van der Waals surface area contributed by atoms with E-state index in [0.29, 0.717) is 13.0 Å². The molecule has 8 nitrogen and oxygen atoms in total. The number of likely N-dealkylation sites (N-methyl/N-ethyl adjacent to an activating group) is 1. The van der Waals surface area contributed by atoms with Gasteiger partial charge in [-0.15, -0.1) is 0 Å². The molecule has 0 atom stereocenters. The molecule has 4 rings (SSSR count). The van der Waals surface area contributed by atoms with Crippen LogP contribution in [0, 0.1) is 0 Å². The van der Waals surface area contributed by atoms with Gasteiger partial charge in [0.2, 0.25) is 11.8 Å². The molecule has 0 unspecified atom stereocenters. The topological polar surface area (TPSA) is 62.4 Å². The van der Waals surface area contributed by atoms with Crippen molar-refractivity contribution in [2.75, 3.05) is 86.1 Å². The first-order valence-electron chi connectivity index (χ1n) is 17.9. The Morgan fingerprint density at radius 2 is 1.26 bits per heavy atom. The van der Waals surface area contributed by atoms with Crippen molar-refractivity contribution in [3.8, 4) is 0 Å². The number of nitrogens with zero attached hydrogens (tertiary/aromatic N) is 5. The Morgan fingerprint density at radius 1 is 0.745 bits per heavy atom. The molecule has 2 aromatic carbocycles. The van der Waals surface area contributed by atoms with Crippen LogP contribution in [0.25, 0.3) is 0 Å². The summed E-state index contributed by atoms with van der Waals surface area (Å²) in [4.78, 5) is 36.5. The highest BCUT2D eigenvalue weighted by Crippen LogP contribution is 2.29. The summed E-state index contributed by atoms with van der Waals surface area (Å²) in [5.74, 6) is 0.345. The highest BCUT2D eigenvalue weighted by molar-refractivity contribution is 5.78. The number of piperazine rings is 2. The largest absolute Gasteiger partial charge is 0.359 e. The zero-order valence-corrected chi connectivity index (χ0v) is 30.5. The molecule has 0 saturated carbocycles. The maximum absolute atomic E-state index is 13.2. The number of carbonyl (C=O) groups is 2. The van der Waals surface area contributed by atoms with Gasteiger partial charge < -0.3 is 15.1 Å². The maximum atomic E-state index is 13.2. The lowest BCUT2D eigenvalue weighted by molar-refractivity contribution is -0.131. The molecular weight excluding hydrogens is 584 g/mol. The Morgan fingerprint density at radius 3 is 1.81 bits per heavy atom. The summed E-state index contributed by atoms with van der Waals surface area (Å²) in [6.07, 6.45) is 2.45. The van der Waals surface area contributed by atoms with Gasteiger partial charge in [-0.2, -0.15) is 0 Å². The Labute approximate surface area is 285 Å². The number of rotatable bonds is 14. The number of hydrogen-bond acceptors (Lipinski definition) is 6. The maximum Gasteiger partial charge on any atom is 0.236 e. The van der Waals surface area contributed by atoms with Crippen molar-refractivity contribution >= 4 is 11.8 Å². The van der Waals surface area contributed by atoms with Crippen LogP contribution in [0.2, 0.25) is 0 Å². The number of hydrogen-bond donors (Lipinski definition) is 1. The highest BCUT2D eigenvalue weighted by Gasteiger charge is 2.25. The minimum absolute atomic E-state index is 0.0239. The SMILES string of the molecule is CNC(=O)CCCN1CCN(Cc2cccc(C(C)(C)CCN(C)C(=O)CN3CCN(Cc4cccc(C(C)(C)C)c4)CC3)c2)CC1. The standard InChI is InChI=1S/C39H62N6O2/c1-38(2,3)34-13-8-11-32(27-34)29-44-23-25-45(26-24-44)31-37(47)41(7)18-16-39(4,5)35-14-9-12-33(28-35)30-43-21-19-42(20-22-43)17-10-15-36(46)40-6/h8-9,11-14,27-28H,10,15-26,29-31H2,1-7H3,(H,40,46). The molecule has 2 amide bonds. The van der Waals surface area contributed by atoms with Gasteiger partial charge in [0, 0.05) is 92.5 Å². The summed E-state index contributed by atoms with van der Waals surface area (Å²) in [5.41, 5.74) is 5.59. The van der Waals surface area contributed by atoms with Crippen molar-refractivity contribution in [3.05, 3.63) is 70.8 Å². The van der Waals surface area contributed by atoms with Crippen molar-refractivity contribution in [1.29, 1.82) is 0 Å². The van der Waals surface area contributed by atoms with Gasteiger partial charge in [0.25, 0.3) is 0 Å². The van der Waals surface area contributed by atoms with Crippen LogP contribution in [-0.4, -0.2) is 122 Å². The molecule has 2 aromatic rings. The van der Waals surface area contributed by atoms with E-state index in [1.807, 2.05) is 11.9 Å². The van der Waals surface area contributed by atoms with E-state index in [-0.39, 0.29) is 22.6 Å². The van der Waals surface area contributed by atoms with E-state index in [9.17, 15) is 9.59 Å². The molecular formula is C39H62N6O2. The minimum atomic E-state index is -0.0239. The zero-order valence-electron chi connectivity index (χ0n) is 30.5. The van der Waals surface area contributed by atoms with Crippen LogP contribution in [0.5, 0.6) is 0 Å². The highest BCUT2D eigenvalue weighted by atomic mass is 16.2. The third-order valence-corrected chi connectivity index (χ3v) is 10.3. The van der Waals surface area contributed by atoms with Crippen LogP contribution in [0.4, 0.5) is 0 Å². The average Bonchev–Trinajstić information content (AvgIpc) is 3.05. The van der Waals surface area contributed by atoms with Crippen LogP contribution in [0.15, 0.2) is 48.5 Å². The predicted octanol–water partition coefficient (Wildman–Crippen LogP) is 4.57. The molecule has 0 aliphatic carbocycles. The van der Waals surface area contributed by atoms with Crippen LogP contribution >= 0.6 is 0 Å². The van der Waals surface area contributed by atoms with E-state index >= 15 is 0 Å². The van der Waals surface area contributed by atoms with Gasteiger partial charge in [-0.1, -0.05) is 83.1 Å². The van der Waals surface area contributed by atoms with E-state index in [2.05, 4.69) is 108 Å². The third-order valence-electron chi connectivity index (χ3n) is 10.3. The molecule has 47 heavy (non-hydrogen) atoms. The Bertz CT molecular complexity index is 1290. The molecule has 260 valence electrons. The molecule has 2 fully saturated rings. The second-order valence-corrected chi connectivity index (χ2v) is 15.5. The Hall–Kier alpha value is -2.78. The third kappa shape index (κ3) is 11.7. The lowest BCUT2D eigenvalue weighted by Crippen LogP contribution is -2.49. The van der Waals surface area contributed by atoms with Crippen LogP contribution < -0.4 is 5.32 Å². The smallest absolute Gasteiger partial charge is 0.236 e. The quantitative estimate of drug-likeness (QED) is 0.325. The van der Waals surface area contributed by atoms with Crippen molar-refractivity contribution in [2.24, 2.45) is 0 Å². The number of benzene rings is 2. The predicted molar refractivity (Wildman–Crippen MR) is 194 cm³/mol. The summed E-state index contributed by atoms with van der Waals surface area (Å²) in [7, 11) is 3.67. The second-order valence-electron chi connectivity index (χ2n) is 15.5. The van der Waals surface area contributed by atoms with Crippen LogP contribution in [0.3, 0.4) is 0 Å². The fraction of sp³-hybridized carbons (Fsp3) is 0.641. The molecule has 1 N–H and O–H groups in total. The molecule has 2 saturated heterocycles. The Kier molecular flexibility index (Phi) is 13.4. The summed E-state index contributed by atoms with van der Waals surface area (Å²) >= 11 is 0. The van der Waals surface area contributed by atoms with Crippen molar-refractivity contribution in [2.45, 2.75) is 77.8 Å². The first-order valence-corrected chi connectivity index (χ1v) is 17.9. The summed E-state index contributed by atoms with van der Waals surface area (Å²) in [6, 6.07) is 18.1. The first kappa shape index (κ1) is 37.0. The van der Waals surface area contributed by atoms with Gasteiger partial charge >= 0.3 is 0 Å². The fourth-order valence-electron chi connectivity index (χ4n) is 6.64. The van der Waals surface area contributed by atoms with Gasteiger partial charge in [0.1, 0.15) is 0 Å². The average molecular weight is 647 g/mol. The van der Waals surface area contributed by atoms with Crippen molar-refractivity contribution < 1.29 is 9.59 Å². The minimum Gasteiger partial charge on any atom is -0.359 e. The number of amides is 2. The molecule has 2 heterocycles. The lowest BCUT2D eigenvalue weighted by Gasteiger charge is -2.35. The normalized spacial score (nSPS) is 17.5. The van der Waals surface area contributed by atoms with Crippen molar-refractivity contribution in [1.82, 2.24) is 29.8 Å². The van der Waals surface area contributed by atoms with Gasteiger partial charge in [-0.05, 0) is 52.5 Å². The summed E-state index contributed by atoms with van der Waals surface area (Å²) in [6.45, 7) is 23.7. The number of nitrogens with one attached hydrogen (secondary N) is 1. The summed E-state index contributed by atoms with van der Waals surface area (Å²) < 4.78 is 0. The van der Waals surface area contributed by atoms with Gasteiger partial charge in [0.05, 0.1) is 6.54 Å². The van der Waals surface area contributed by atoms with Gasteiger partial charge in [-0.3, -0.25) is 24.3 Å². The van der Waals surface area contributed by atoms with E-state index in [0.717, 1.165) is 91.4 Å². The Balaban J connectivity index is 1.17. The molecule has 0 radical (unpaired) electrons. The second kappa shape index (κ2) is 17.0. The molecule has 8 heteroatoms. The lowest BCUT2D eigenvalue weighted by atomic mass is 9.81. The van der Waals surface area contributed by atoms with Gasteiger partial charge in [0.15, 0.2) is 0 Å². The molecule has 0 bridgehead atoms. The number of carbonyl (C=O) groups excluding carboxylic acids is 2. The molecule has 0 spiro atoms. The van der Waals surface area contributed by atoms with E-state index in [1.165, 1.54) is 22.3 Å². The monoisotopic (exact) mass is 646 g/mol. The molecule has 2 aliphatic heterocycles. The van der Waals surface area contributed by atoms with Crippen molar-refractivity contribution in [3.63, 3.8) is 0 Å². The van der Waals surface area contributed by atoms with E-state index in [4.69, 9.17) is 0 Å². The molecule has 2 aliphatic rings. The zero-order chi connectivity index (χ0) is 34.0. The summed E-state index contributed by atoms with van der Waals surface area (Å²) in [5, 5.41) is 2.71. The van der Waals surface area contributed by atoms with Gasteiger partial charge in [-0.25, -0.2) is 0 Å². The van der Waals surface area contributed by atoms with Crippen LogP contribution in [0.1, 0.15) is 76.1 Å². The first-order chi connectivity index (χ1) is 22.3. The fourth-order valence-corrected chi connectivity index (χ4v) is 6.64.